The SMILES string of the molecule is CCC(O)Cc1ccc(S(N)(=O)=O)cc1[N+](=O)[O-]. The van der Waals surface area contributed by atoms with Crippen molar-refractivity contribution in [2.75, 3.05) is 0 Å². The Kier molecular flexibility index (Phi) is 4.38. The van der Waals surface area contributed by atoms with E-state index in [1.54, 1.807) is 6.92 Å². The van der Waals surface area contributed by atoms with Crippen molar-refractivity contribution in [1.29, 1.82) is 0 Å². The van der Waals surface area contributed by atoms with Crippen LogP contribution >= 0.6 is 0 Å². The molecule has 0 amide bonds. The summed E-state index contributed by atoms with van der Waals surface area (Å²) in [7, 11) is -3.98. The second-order valence-corrected chi connectivity index (χ2v) is 5.42. The Morgan fingerprint density at radius 1 is 1.50 bits per heavy atom. The molecule has 0 bridgehead atoms. The molecule has 0 saturated heterocycles. The summed E-state index contributed by atoms with van der Waals surface area (Å²) in [5.74, 6) is 0. The van der Waals surface area contributed by atoms with Crippen LogP contribution in [0.15, 0.2) is 23.1 Å². The maximum absolute atomic E-state index is 11.1. The Balaban J connectivity index is 3.25. The van der Waals surface area contributed by atoms with Crippen molar-refractivity contribution < 1.29 is 18.4 Å². The number of hydrogen-bond acceptors (Lipinski definition) is 5. The minimum atomic E-state index is -3.98. The van der Waals surface area contributed by atoms with Gasteiger partial charge in [-0.2, -0.15) is 0 Å². The number of nitro groups is 1. The maximum atomic E-state index is 11.1. The average Bonchev–Trinajstić information content (AvgIpc) is 2.27. The number of rotatable bonds is 5. The molecule has 0 saturated carbocycles. The molecule has 18 heavy (non-hydrogen) atoms. The molecule has 0 aromatic heterocycles. The van der Waals surface area contributed by atoms with Crippen LogP contribution in [0.5, 0.6) is 0 Å². The van der Waals surface area contributed by atoms with Gasteiger partial charge in [-0.25, -0.2) is 13.6 Å². The molecule has 0 aliphatic rings. The molecule has 3 N–H and O–H groups in total. The minimum absolute atomic E-state index is 0.0950. The van der Waals surface area contributed by atoms with Gasteiger partial charge in [-0.3, -0.25) is 10.1 Å². The Morgan fingerprint density at radius 2 is 2.11 bits per heavy atom. The zero-order chi connectivity index (χ0) is 13.9. The van der Waals surface area contributed by atoms with Crippen molar-refractivity contribution in [2.45, 2.75) is 30.8 Å². The van der Waals surface area contributed by atoms with Gasteiger partial charge in [0, 0.05) is 18.1 Å². The number of sulfonamides is 1. The predicted molar refractivity (Wildman–Crippen MR) is 64.5 cm³/mol. The van der Waals surface area contributed by atoms with Crippen molar-refractivity contribution in [3.63, 3.8) is 0 Å². The third-order valence-corrected chi connectivity index (χ3v) is 3.42. The molecule has 0 spiro atoms. The fourth-order valence-electron chi connectivity index (χ4n) is 1.46. The molecule has 1 rings (SSSR count). The number of nitrogens with two attached hydrogens (primary N) is 1. The summed E-state index contributed by atoms with van der Waals surface area (Å²) < 4.78 is 22.2. The molecule has 1 atom stereocenters. The lowest BCUT2D eigenvalue weighted by Gasteiger charge is -2.08. The van der Waals surface area contributed by atoms with E-state index in [1.807, 2.05) is 0 Å². The van der Waals surface area contributed by atoms with Crippen molar-refractivity contribution >= 4 is 15.7 Å². The minimum Gasteiger partial charge on any atom is -0.393 e. The van der Waals surface area contributed by atoms with E-state index in [-0.39, 0.29) is 22.6 Å². The van der Waals surface area contributed by atoms with Gasteiger partial charge in [0.05, 0.1) is 15.9 Å². The molecule has 0 heterocycles. The van der Waals surface area contributed by atoms with Crippen LogP contribution in [0.1, 0.15) is 18.9 Å². The number of benzene rings is 1. The quantitative estimate of drug-likeness (QED) is 0.599. The van der Waals surface area contributed by atoms with Gasteiger partial charge < -0.3 is 5.11 Å². The lowest BCUT2D eigenvalue weighted by Crippen LogP contribution is -2.14. The fourth-order valence-corrected chi connectivity index (χ4v) is 2.00. The maximum Gasteiger partial charge on any atom is 0.274 e. The number of primary sulfonamides is 1. The average molecular weight is 274 g/mol. The molecular weight excluding hydrogens is 260 g/mol. The van der Waals surface area contributed by atoms with Gasteiger partial charge in [0.15, 0.2) is 0 Å². The first-order valence-electron chi connectivity index (χ1n) is 5.24. The monoisotopic (exact) mass is 274 g/mol. The van der Waals surface area contributed by atoms with Gasteiger partial charge in [-0.1, -0.05) is 13.0 Å². The first-order chi connectivity index (χ1) is 8.25. The first-order valence-corrected chi connectivity index (χ1v) is 6.78. The van der Waals surface area contributed by atoms with E-state index >= 15 is 0 Å². The highest BCUT2D eigenvalue weighted by Gasteiger charge is 2.20. The number of aliphatic hydroxyl groups is 1. The van der Waals surface area contributed by atoms with Gasteiger partial charge in [0.2, 0.25) is 10.0 Å². The van der Waals surface area contributed by atoms with Gasteiger partial charge >= 0.3 is 0 Å². The van der Waals surface area contributed by atoms with E-state index in [9.17, 15) is 23.6 Å². The van der Waals surface area contributed by atoms with Crippen molar-refractivity contribution in [2.24, 2.45) is 5.14 Å². The lowest BCUT2D eigenvalue weighted by atomic mass is 10.0. The molecule has 8 heteroatoms. The summed E-state index contributed by atoms with van der Waals surface area (Å²) >= 11 is 0. The summed E-state index contributed by atoms with van der Waals surface area (Å²) in [6.45, 7) is 1.75. The van der Waals surface area contributed by atoms with E-state index in [2.05, 4.69) is 0 Å². The zero-order valence-corrected chi connectivity index (χ0v) is 10.6. The Bertz CT molecular complexity index is 555. The molecule has 100 valence electrons. The van der Waals surface area contributed by atoms with Crippen LogP contribution in [0.3, 0.4) is 0 Å². The molecule has 7 nitrogen and oxygen atoms in total. The highest BCUT2D eigenvalue weighted by Crippen LogP contribution is 2.24. The van der Waals surface area contributed by atoms with Crippen LogP contribution in [-0.4, -0.2) is 24.6 Å². The molecule has 0 aliphatic carbocycles. The lowest BCUT2D eigenvalue weighted by molar-refractivity contribution is -0.385. The summed E-state index contributed by atoms with van der Waals surface area (Å²) in [5.41, 5.74) is -0.0734. The molecule has 1 aromatic rings. The zero-order valence-electron chi connectivity index (χ0n) is 9.74. The molecule has 0 aliphatic heterocycles. The van der Waals surface area contributed by atoms with E-state index < -0.39 is 21.1 Å². The largest absolute Gasteiger partial charge is 0.393 e. The van der Waals surface area contributed by atoms with Gasteiger partial charge in [-0.05, 0) is 12.5 Å². The number of nitro benzene ring substituents is 1. The summed E-state index contributed by atoms with van der Waals surface area (Å²) in [6.07, 6.45) is -0.157. The Hall–Kier alpha value is -1.51. The molecular formula is C10H14N2O5S. The van der Waals surface area contributed by atoms with Crippen molar-refractivity contribution in [1.82, 2.24) is 0 Å². The van der Waals surface area contributed by atoms with Crippen LogP contribution < -0.4 is 5.14 Å². The number of hydrogen-bond donors (Lipinski definition) is 2. The predicted octanol–water partition coefficient (Wildman–Crippen LogP) is 0.556. The second-order valence-electron chi connectivity index (χ2n) is 3.86. The second kappa shape index (κ2) is 5.42. The fraction of sp³-hybridized carbons (Fsp3) is 0.400. The Morgan fingerprint density at radius 3 is 2.56 bits per heavy atom. The van der Waals surface area contributed by atoms with E-state index in [0.717, 1.165) is 6.07 Å². The van der Waals surface area contributed by atoms with Gasteiger partial charge in [-0.15, -0.1) is 0 Å². The van der Waals surface area contributed by atoms with E-state index in [0.29, 0.717) is 6.42 Å². The summed E-state index contributed by atoms with van der Waals surface area (Å²) in [4.78, 5) is 9.86. The van der Waals surface area contributed by atoms with Crippen LogP contribution in [0.4, 0.5) is 5.69 Å². The number of aliphatic hydroxyl groups excluding tert-OH is 1. The van der Waals surface area contributed by atoms with Crippen LogP contribution in [-0.2, 0) is 16.4 Å². The summed E-state index contributed by atoms with van der Waals surface area (Å²) in [5, 5.41) is 25.2. The Labute approximate surface area is 104 Å². The van der Waals surface area contributed by atoms with Crippen LogP contribution in [0.2, 0.25) is 0 Å². The van der Waals surface area contributed by atoms with Crippen LogP contribution in [0.25, 0.3) is 0 Å². The first kappa shape index (κ1) is 14.6. The molecule has 1 unspecified atom stereocenters. The normalized spacial score (nSPS) is 13.3. The number of nitrogens with zero attached hydrogens (tertiary/aromatic N) is 1. The van der Waals surface area contributed by atoms with Crippen molar-refractivity contribution in [3.8, 4) is 0 Å². The molecule has 1 aromatic carbocycles. The molecule has 0 radical (unpaired) electrons. The standard InChI is InChI=1S/C10H14N2O5S/c1-2-8(13)5-7-3-4-9(18(11,16)17)6-10(7)12(14)15/h3-4,6,8,13H,2,5H2,1H3,(H2,11,16,17). The van der Waals surface area contributed by atoms with Gasteiger partial charge in [0.25, 0.3) is 5.69 Å². The van der Waals surface area contributed by atoms with Crippen molar-refractivity contribution in [3.05, 3.63) is 33.9 Å². The van der Waals surface area contributed by atoms with Crippen LogP contribution in [0, 0.1) is 10.1 Å². The third-order valence-electron chi connectivity index (χ3n) is 2.51. The highest BCUT2D eigenvalue weighted by atomic mass is 32.2. The van der Waals surface area contributed by atoms with E-state index in [1.165, 1.54) is 12.1 Å². The summed E-state index contributed by atoms with van der Waals surface area (Å²) in [6, 6.07) is 3.41. The van der Waals surface area contributed by atoms with E-state index in [4.69, 9.17) is 5.14 Å². The third kappa shape index (κ3) is 3.49. The highest BCUT2D eigenvalue weighted by molar-refractivity contribution is 7.89. The molecule has 0 fully saturated rings. The topological polar surface area (TPSA) is 124 Å². The smallest absolute Gasteiger partial charge is 0.274 e. The van der Waals surface area contributed by atoms with Gasteiger partial charge in [0.1, 0.15) is 0 Å².